The van der Waals surface area contributed by atoms with E-state index >= 15 is 0 Å². The van der Waals surface area contributed by atoms with Crippen LogP contribution in [0.4, 0.5) is 5.69 Å². The lowest BCUT2D eigenvalue weighted by Gasteiger charge is -2.13. The van der Waals surface area contributed by atoms with E-state index in [1.165, 1.54) is 4.90 Å². The van der Waals surface area contributed by atoms with Crippen molar-refractivity contribution in [2.24, 2.45) is 0 Å². The SMILES string of the molecule is CC(C)NC(=O)c1cccc(NCC(=O)N(C)C)c1. The van der Waals surface area contributed by atoms with Crippen LogP contribution in [0.15, 0.2) is 24.3 Å². The number of amides is 2. The summed E-state index contributed by atoms with van der Waals surface area (Å²) in [6.45, 7) is 4.04. The molecule has 104 valence electrons. The zero-order valence-corrected chi connectivity index (χ0v) is 11.9. The van der Waals surface area contributed by atoms with Crippen molar-refractivity contribution in [2.75, 3.05) is 26.0 Å². The summed E-state index contributed by atoms with van der Waals surface area (Å²) < 4.78 is 0. The summed E-state index contributed by atoms with van der Waals surface area (Å²) in [5.41, 5.74) is 1.34. The quantitative estimate of drug-likeness (QED) is 0.842. The Morgan fingerprint density at radius 2 is 1.95 bits per heavy atom. The van der Waals surface area contributed by atoms with Crippen molar-refractivity contribution >= 4 is 17.5 Å². The van der Waals surface area contributed by atoms with E-state index in [1.54, 1.807) is 32.3 Å². The second-order valence-corrected chi connectivity index (χ2v) is 4.85. The van der Waals surface area contributed by atoms with Crippen LogP contribution in [0.2, 0.25) is 0 Å². The van der Waals surface area contributed by atoms with Gasteiger partial charge >= 0.3 is 0 Å². The van der Waals surface area contributed by atoms with E-state index in [0.29, 0.717) is 5.56 Å². The number of nitrogens with one attached hydrogen (secondary N) is 2. The Morgan fingerprint density at radius 3 is 2.53 bits per heavy atom. The minimum Gasteiger partial charge on any atom is -0.376 e. The second-order valence-electron chi connectivity index (χ2n) is 4.85. The molecule has 1 aromatic rings. The summed E-state index contributed by atoms with van der Waals surface area (Å²) in [4.78, 5) is 24.8. The summed E-state index contributed by atoms with van der Waals surface area (Å²) in [6, 6.07) is 7.20. The highest BCUT2D eigenvalue weighted by molar-refractivity contribution is 5.95. The van der Waals surface area contributed by atoms with Gasteiger partial charge in [0, 0.05) is 31.4 Å². The minimum absolute atomic E-state index is 0.0166. The van der Waals surface area contributed by atoms with Crippen LogP contribution in [0.3, 0.4) is 0 Å². The zero-order chi connectivity index (χ0) is 14.4. The highest BCUT2D eigenvalue weighted by Gasteiger charge is 2.08. The fourth-order valence-electron chi connectivity index (χ4n) is 1.45. The first-order valence-electron chi connectivity index (χ1n) is 6.25. The van der Waals surface area contributed by atoms with Crippen LogP contribution in [-0.2, 0) is 4.79 Å². The molecular weight excluding hydrogens is 242 g/mol. The molecule has 0 spiro atoms. The lowest BCUT2D eigenvalue weighted by atomic mass is 10.2. The van der Waals surface area contributed by atoms with Gasteiger partial charge in [-0.3, -0.25) is 9.59 Å². The van der Waals surface area contributed by atoms with E-state index in [4.69, 9.17) is 0 Å². The second kappa shape index (κ2) is 6.78. The zero-order valence-electron chi connectivity index (χ0n) is 11.9. The van der Waals surface area contributed by atoms with E-state index in [1.807, 2.05) is 19.9 Å². The van der Waals surface area contributed by atoms with Gasteiger partial charge in [0.25, 0.3) is 5.91 Å². The molecule has 0 aromatic heterocycles. The van der Waals surface area contributed by atoms with Gasteiger partial charge in [-0.1, -0.05) is 6.07 Å². The molecule has 5 nitrogen and oxygen atoms in total. The predicted molar refractivity (Wildman–Crippen MR) is 76.2 cm³/mol. The molecule has 0 aliphatic rings. The number of nitrogens with zero attached hydrogens (tertiary/aromatic N) is 1. The number of benzene rings is 1. The minimum atomic E-state index is -0.113. The summed E-state index contributed by atoms with van der Waals surface area (Å²) in [6.07, 6.45) is 0. The first kappa shape index (κ1) is 15.0. The molecule has 0 aliphatic carbocycles. The molecule has 5 heteroatoms. The Kier molecular flexibility index (Phi) is 5.36. The van der Waals surface area contributed by atoms with Crippen molar-refractivity contribution in [1.29, 1.82) is 0 Å². The molecule has 0 aliphatic heterocycles. The van der Waals surface area contributed by atoms with Gasteiger partial charge in [0.1, 0.15) is 0 Å². The van der Waals surface area contributed by atoms with Gasteiger partial charge in [-0.05, 0) is 32.0 Å². The van der Waals surface area contributed by atoms with E-state index in [-0.39, 0.29) is 24.4 Å². The number of hydrogen-bond donors (Lipinski definition) is 2. The standard InChI is InChI=1S/C14H21N3O2/c1-10(2)16-14(19)11-6-5-7-12(8-11)15-9-13(18)17(3)4/h5-8,10,15H,9H2,1-4H3,(H,16,19). The van der Waals surface area contributed by atoms with Gasteiger partial charge in [-0.2, -0.15) is 0 Å². The fraction of sp³-hybridized carbons (Fsp3) is 0.429. The molecule has 0 unspecified atom stereocenters. The Morgan fingerprint density at radius 1 is 1.26 bits per heavy atom. The van der Waals surface area contributed by atoms with Crippen molar-refractivity contribution in [1.82, 2.24) is 10.2 Å². The average Bonchev–Trinajstić information content (AvgIpc) is 2.35. The molecule has 0 heterocycles. The number of hydrogen-bond acceptors (Lipinski definition) is 3. The molecule has 0 fully saturated rings. The van der Waals surface area contributed by atoms with Crippen LogP contribution in [0.1, 0.15) is 24.2 Å². The maximum absolute atomic E-state index is 11.8. The third-order valence-corrected chi connectivity index (χ3v) is 2.49. The normalized spacial score (nSPS) is 10.2. The largest absolute Gasteiger partial charge is 0.376 e. The predicted octanol–water partition coefficient (Wildman–Crippen LogP) is 1.32. The van der Waals surface area contributed by atoms with Crippen LogP contribution in [0.5, 0.6) is 0 Å². The molecule has 1 aromatic carbocycles. The fourth-order valence-corrected chi connectivity index (χ4v) is 1.45. The molecule has 19 heavy (non-hydrogen) atoms. The van der Waals surface area contributed by atoms with Gasteiger partial charge in [-0.15, -0.1) is 0 Å². The van der Waals surface area contributed by atoms with E-state index in [9.17, 15) is 9.59 Å². The number of rotatable bonds is 5. The van der Waals surface area contributed by atoms with Crippen LogP contribution in [-0.4, -0.2) is 43.4 Å². The van der Waals surface area contributed by atoms with Crippen molar-refractivity contribution in [3.8, 4) is 0 Å². The molecule has 2 amide bonds. The summed E-state index contributed by atoms with van der Waals surface area (Å²) >= 11 is 0. The van der Waals surface area contributed by atoms with Crippen molar-refractivity contribution in [3.05, 3.63) is 29.8 Å². The van der Waals surface area contributed by atoms with Crippen molar-refractivity contribution < 1.29 is 9.59 Å². The molecule has 1 rings (SSSR count). The third kappa shape index (κ3) is 4.99. The summed E-state index contributed by atoms with van der Waals surface area (Å²) in [5, 5.41) is 5.83. The van der Waals surface area contributed by atoms with Gasteiger partial charge in [-0.25, -0.2) is 0 Å². The molecule has 2 N–H and O–H groups in total. The molecular formula is C14H21N3O2. The molecule has 0 radical (unpaired) electrons. The molecule has 0 bridgehead atoms. The van der Waals surface area contributed by atoms with Gasteiger partial charge in [0.2, 0.25) is 5.91 Å². The lowest BCUT2D eigenvalue weighted by molar-refractivity contribution is -0.126. The smallest absolute Gasteiger partial charge is 0.251 e. The Bertz CT molecular complexity index is 456. The molecule has 0 saturated carbocycles. The first-order chi connectivity index (χ1) is 8.90. The number of anilines is 1. The average molecular weight is 263 g/mol. The topological polar surface area (TPSA) is 61.4 Å². The van der Waals surface area contributed by atoms with E-state index < -0.39 is 0 Å². The van der Waals surface area contributed by atoms with Crippen LogP contribution in [0.25, 0.3) is 0 Å². The van der Waals surface area contributed by atoms with E-state index in [2.05, 4.69) is 10.6 Å². The first-order valence-corrected chi connectivity index (χ1v) is 6.25. The number of carbonyl (C=O) groups excluding carboxylic acids is 2. The molecule has 0 saturated heterocycles. The Hall–Kier alpha value is -2.04. The monoisotopic (exact) mass is 263 g/mol. The number of likely N-dealkylation sites (N-methyl/N-ethyl adjacent to an activating group) is 1. The third-order valence-electron chi connectivity index (χ3n) is 2.49. The van der Waals surface area contributed by atoms with Crippen LogP contribution < -0.4 is 10.6 Å². The Balaban J connectivity index is 2.67. The summed E-state index contributed by atoms with van der Waals surface area (Å²) in [7, 11) is 3.41. The van der Waals surface area contributed by atoms with Gasteiger partial charge < -0.3 is 15.5 Å². The highest BCUT2D eigenvalue weighted by atomic mass is 16.2. The lowest BCUT2D eigenvalue weighted by Crippen LogP contribution is -2.30. The van der Waals surface area contributed by atoms with E-state index in [0.717, 1.165) is 5.69 Å². The van der Waals surface area contributed by atoms with Crippen LogP contribution in [0, 0.1) is 0 Å². The van der Waals surface area contributed by atoms with Crippen molar-refractivity contribution in [3.63, 3.8) is 0 Å². The van der Waals surface area contributed by atoms with Crippen LogP contribution >= 0.6 is 0 Å². The van der Waals surface area contributed by atoms with Crippen molar-refractivity contribution in [2.45, 2.75) is 19.9 Å². The van der Waals surface area contributed by atoms with Gasteiger partial charge in [0.05, 0.1) is 6.54 Å². The molecule has 0 atom stereocenters. The maximum atomic E-state index is 11.8. The summed E-state index contributed by atoms with van der Waals surface area (Å²) in [5.74, 6) is -0.130. The van der Waals surface area contributed by atoms with Gasteiger partial charge in [0.15, 0.2) is 0 Å². The number of carbonyl (C=O) groups is 2. The Labute approximate surface area is 114 Å². The highest BCUT2D eigenvalue weighted by Crippen LogP contribution is 2.10. The maximum Gasteiger partial charge on any atom is 0.251 e.